The Hall–Kier alpha value is -3.26. The Morgan fingerprint density at radius 2 is 0.757 bits per heavy atom. The summed E-state index contributed by atoms with van der Waals surface area (Å²) in [6, 6.07) is 0. The monoisotopic (exact) mass is 1060 g/mol. The maximum atomic E-state index is 12.9. The van der Waals surface area contributed by atoms with Crippen LogP contribution < -0.4 is 0 Å². The highest BCUT2D eigenvalue weighted by Crippen LogP contribution is 2.47. The fourth-order valence-corrected chi connectivity index (χ4v) is 8.91. The van der Waals surface area contributed by atoms with Crippen molar-refractivity contribution in [3.63, 3.8) is 0 Å². The van der Waals surface area contributed by atoms with Gasteiger partial charge >= 0.3 is 13.8 Å². The van der Waals surface area contributed by atoms with Gasteiger partial charge in [0.25, 0.3) is 0 Å². The summed E-state index contributed by atoms with van der Waals surface area (Å²) in [5.74, 6) is -0.496. The molecule has 0 aliphatic heterocycles. The van der Waals surface area contributed by atoms with Gasteiger partial charge in [0.2, 0.25) is 0 Å². The number of carbonyl (C=O) groups is 1. The molecule has 6 unspecified atom stereocenters. The number of esters is 1. The van der Waals surface area contributed by atoms with Gasteiger partial charge in [0.15, 0.2) is 0 Å². The minimum atomic E-state index is -5.04. The average Bonchev–Trinajstić information content (AvgIpc) is 3.39. The molecule has 0 heterocycles. The molecule has 1 saturated carbocycles. The van der Waals surface area contributed by atoms with E-state index in [1.165, 1.54) is 25.7 Å². The summed E-state index contributed by atoms with van der Waals surface area (Å²) in [6.07, 6.45) is 59.7. The molecule has 74 heavy (non-hydrogen) atoms. The minimum Gasteiger partial charge on any atom is -0.457 e. The Labute approximate surface area is 448 Å². The molecule has 0 aromatic carbocycles. The number of aliphatic hydroxyl groups excluding tert-OH is 5. The predicted molar refractivity (Wildman–Crippen MR) is 303 cm³/mol. The van der Waals surface area contributed by atoms with Gasteiger partial charge in [0, 0.05) is 13.0 Å². The highest BCUT2D eigenvalue weighted by Gasteiger charge is 2.51. The zero-order chi connectivity index (χ0) is 54.0. The van der Waals surface area contributed by atoms with E-state index in [0.29, 0.717) is 13.0 Å². The SMILES string of the molecule is CC/C=C\C/C=C\C/C=C\C/C=C\C/C=C\CCCCCCCCCCOCC(COP(=O)(O)OC1C(O)C(O)C(O)C(O)C1O)OC(=O)CCCCCCCCC/C=C\C/C=C\C/C=C\C/C=C\C/C=C\CC. The molecule has 1 fully saturated rings. The van der Waals surface area contributed by atoms with Crippen LogP contribution in [0, 0.1) is 0 Å². The number of carbonyl (C=O) groups excluding carboxylic acids is 1. The number of rotatable bonds is 47. The van der Waals surface area contributed by atoms with Crippen LogP contribution in [0.4, 0.5) is 0 Å². The predicted octanol–water partition coefficient (Wildman–Crippen LogP) is 13.8. The highest BCUT2D eigenvalue weighted by molar-refractivity contribution is 7.47. The molecule has 1 rings (SSSR count). The van der Waals surface area contributed by atoms with Crippen LogP contribution in [0.25, 0.3) is 0 Å². The smallest absolute Gasteiger partial charge is 0.457 e. The largest absolute Gasteiger partial charge is 0.472 e. The minimum absolute atomic E-state index is 0.0957. The first-order chi connectivity index (χ1) is 36.0. The molecule has 0 radical (unpaired) electrons. The van der Waals surface area contributed by atoms with Crippen molar-refractivity contribution < 1.29 is 58.3 Å². The fourth-order valence-electron chi connectivity index (χ4n) is 7.94. The topological polar surface area (TPSA) is 192 Å². The van der Waals surface area contributed by atoms with Gasteiger partial charge in [-0.3, -0.25) is 13.8 Å². The van der Waals surface area contributed by atoms with E-state index in [1.807, 2.05) is 0 Å². The summed E-state index contributed by atoms with van der Waals surface area (Å²) >= 11 is 0. The van der Waals surface area contributed by atoms with E-state index < -0.39 is 63.1 Å². The van der Waals surface area contributed by atoms with Crippen LogP contribution >= 0.6 is 7.82 Å². The number of hydrogen-bond donors (Lipinski definition) is 6. The van der Waals surface area contributed by atoms with E-state index in [2.05, 4.69) is 135 Å². The lowest BCUT2D eigenvalue weighted by Gasteiger charge is -2.41. The van der Waals surface area contributed by atoms with E-state index in [4.69, 9.17) is 18.5 Å². The molecule has 12 nitrogen and oxygen atoms in total. The lowest BCUT2D eigenvalue weighted by molar-refractivity contribution is -0.220. The summed E-state index contributed by atoms with van der Waals surface area (Å²) in [5.41, 5.74) is 0. The van der Waals surface area contributed by atoms with Crippen LogP contribution in [-0.2, 0) is 27.9 Å². The van der Waals surface area contributed by atoms with Crippen molar-refractivity contribution in [1.29, 1.82) is 0 Å². The molecule has 0 aromatic rings. The van der Waals surface area contributed by atoms with E-state index in [-0.39, 0.29) is 13.0 Å². The van der Waals surface area contributed by atoms with Gasteiger partial charge in [-0.1, -0.05) is 206 Å². The average molecular weight is 1060 g/mol. The molecule has 6 N–H and O–H groups in total. The zero-order valence-corrected chi connectivity index (χ0v) is 46.5. The quantitative estimate of drug-likeness (QED) is 0.0146. The molecule has 422 valence electrons. The second-order valence-corrected chi connectivity index (χ2v) is 20.4. The van der Waals surface area contributed by atoms with Crippen molar-refractivity contribution in [3.8, 4) is 0 Å². The van der Waals surface area contributed by atoms with Gasteiger partial charge in [0.05, 0.1) is 13.2 Å². The molecule has 0 saturated heterocycles. The summed E-state index contributed by atoms with van der Waals surface area (Å²) in [7, 11) is -5.04. The van der Waals surface area contributed by atoms with Crippen LogP contribution in [0.3, 0.4) is 0 Å². The first-order valence-electron chi connectivity index (χ1n) is 28.4. The molecule has 1 aliphatic rings. The van der Waals surface area contributed by atoms with E-state index in [9.17, 15) is 39.8 Å². The van der Waals surface area contributed by atoms with Crippen molar-refractivity contribution >= 4 is 13.8 Å². The first-order valence-corrected chi connectivity index (χ1v) is 29.9. The molecule has 0 aromatic heterocycles. The molecule has 0 bridgehead atoms. The third-order valence-corrected chi connectivity index (χ3v) is 13.3. The van der Waals surface area contributed by atoms with Crippen LogP contribution in [0.1, 0.15) is 194 Å². The maximum Gasteiger partial charge on any atom is 0.472 e. The molecular formula is C61H101O12P. The van der Waals surface area contributed by atoms with Crippen LogP contribution in [0.5, 0.6) is 0 Å². The number of ether oxygens (including phenoxy) is 2. The normalized spacial score (nSPS) is 21.4. The Kier molecular flexibility index (Phi) is 45.8. The van der Waals surface area contributed by atoms with E-state index in [1.54, 1.807) is 0 Å². The molecular weight excluding hydrogens is 956 g/mol. The lowest BCUT2D eigenvalue weighted by atomic mass is 9.85. The Morgan fingerprint density at radius 3 is 1.15 bits per heavy atom. The molecule has 1 aliphatic carbocycles. The fraction of sp³-hybridized carbons (Fsp3) is 0.656. The van der Waals surface area contributed by atoms with Gasteiger partial charge in [0.1, 0.15) is 42.7 Å². The second-order valence-electron chi connectivity index (χ2n) is 19.0. The van der Waals surface area contributed by atoms with Crippen molar-refractivity contribution in [2.45, 2.75) is 236 Å². The lowest BCUT2D eigenvalue weighted by Crippen LogP contribution is -2.64. The van der Waals surface area contributed by atoms with Gasteiger partial charge in [-0.25, -0.2) is 4.57 Å². The Bertz CT molecular complexity index is 1680. The highest BCUT2D eigenvalue weighted by atomic mass is 31.2. The summed E-state index contributed by atoms with van der Waals surface area (Å²) in [6.45, 7) is 4.00. The standard InChI is InChI=1S/C61H101O12P/c1-3-5-7-9-11-13-15-17-19-21-23-25-27-29-31-33-35-37-39-41-43-45-47-49-51-70-52-54(53-71-74(68,69)73-61-59(66)57(64)56(63)58(65)60(61)67)72-55(62)50-48-46-44-42-40-38-36-34-32-30-28-26-24-22-20-18-16-14-12-10-8-6-4-2/h5-8,11-14,17-20,23-26,29-32,54,56-61,63-67H,3-4,9-10,15-16,21-22,27-28,33-53H2,1-2H3,(H,68,69)/b7-5-,8-6-,13-11-,14-12-,19-17-,20-18-,25-23-,26-24-,31-29-,32-30-. The van der Waals surface area contributed by atoms with Crippen LogP contribution in [-0.4, -0.2) is 98.9 Å². The van der Waals surface area contributed by atoms with Crippen molar-refractivity contribution in [2.75, 3.05) is 19.8 Å². The van der Waals surface area contributed by atoms with Gasteiger partial charge in [-0.05, 0) is 103 Å². The maximum absolute atomic E-state index is 12.9. The first kappa shape index (κ1) is 68.8. The number of phosphoric acid groups is 1. The van der Waals surface area contributed by atoms with Crippen LogP contribution in [0.2, 0.25) is 0 Å². The third kappa shape index (κ3) is 40.1. The van der Waals surface area contributed by atoms with Gasteiger partial charge in [-0.15, -0.1) is 0 Å². The van der Waals surface area contributed by atoms with Crippen LogP contribution in [0.15, 0.2) is 122 Å². The number of hydrogen-bond acceptors (Lipinski definition) is 11. The molecule has 13 heteroatoms. The van der Waals surface area contributed by atoms with Gasteiger partial charge < -0.3 is 39.9 Å². The second kappa shape index (κ2) is 49.3. The van der Waals surface area contributed by atoms with Crippen molar-refractivity contribution in [3.05, 3.63) is 122 Å². The van der Waals surface area contributed by atoms with Crippen molar-refractivity contribution in [1.82, 2.24) is 0 Å². The molecule has 0 spiro atoms. The molecule has 0 amide bonds. The zero-order valence-electron chi connectivity index (χ0n) is 45.6. The number of phosphoric ester groups is 1. The van der Waals surface area contributed by atoms with E-state index in [0.717, 1.165) is 141 Å². The number of aliphatic hydroxyl groups is 5. The summed E-state index contributed by atoms with van der Waals surface area (Å²) < 4.78 is 34.4. The summed E-state index contributed by atoms with van der Waals surface area (Å²) in [4.78, 5) is 23.3. The van der Waals surface area contributed by atoms with E-state index >= 15 is 0 Å². The van der Waals surface area contributed by atoms with Gasteiger partial charge in [-0.2, -0.15) is 0 Å². The number of unbranched alkanes of at least 4 members (excludes halogenated alkanes) is 15. The summed E-state index contributed by atoms with van der Waals surface area (Å²) in [5, 5.41) is 50.4. The number of allylic oxidation sites excluding steroid dienone is 20. The third-order valence-electron chi connectivity index (χ3n) is 12.3. The van der Waals surface area contributed by atoms with Crippen molar-refractivity contribution in [2.24, 2.45) is 0 Å². The Morgan fingerprint density at radius 1 is 0.432 bits per heavy atom. The Balaban J connectivity index is 2.33. The molecule has 6 atom stereocenters.